The van der Waals surface area contributed by atoms with Gasteiger partial charge in [0.2, 0.25) is 0 Å². The van der Waals surface area contributed by atoms with E-state index in [1.165, 1.54) is 22.6 Å². The SMILES string of the molecule is CC(C)c1ccc(OCCOc2cc(OCCN(C)C(=O)c3cccc(Cl)c3)ccc2C(=O)O)cc1. The molecular formula is C28H30ClNO6. The van der Waals surface area contributed by atoms with Crippen molar-refractivity contribution in [1.29, 1.82) is 0 Å². The maximum Gasteiger partial charge on any atom is 0.339 e. The molecular weight excluding hydrogens is 482 g/mol. The molecule has 0 saturated heterocycles. The quantitative estimate of drug-likeness (QED) is 0.311. The molecule has 0 aromatic heterocycles. The van der Waals surface area contributed by atoms with Gasteiger partial charge in [-0.2, -0.15) is 0 Å². The fourth-order valence-electron chi connectivity index (χ4n) is 3.39. The third-order valence-corrected chi connectivity index (χ3v) is 5.69. The molecule has 3 rings (SSSR count). The smallest absolute Gasteiger partial charge is 0.339 e. The van der Waals surface area contributed by atoms with Crippen LogP contribution in [0.3, 0.4) is 0 Å². The molecule has 1 amide bonds. The normalized spacial score (nSPS) is 10.7. The minimum Gasteiger partial charge on any atom is -0.492 e. The van der Waals surface area contributed by atoms with E-state index >= 15 is 0 Å². The lowest BCUT2D eigenvalue weighted by molar-refractivity contribution is 0.0689. The van der Waals surface area contributed by atoms with Crippen molar-refractivity contribution in [2.24, 2.45) is 0 Å². The van der Waals surface area contributed by atoms with Crippen LogP contribution in [-0.2, 0) is 0 Å². The van der Waals surface area contributed by atoms with Crippen molar-refractivity contribution in [3.63, 3.8) is 0 Å². The predicted molar refractivity (Wildman–Crippen MR) is 139 cm³/mol. The Morgan fingerprint density at radius 2 is 1.56 bits per heavy atom. The van der Waals surface area contributed by atoms with E-state index in [2.05, 4.69) is 13.8 Å². The maximum atomic E-state index is 12.5. The van der Waals surface area contributed by atoms with Gasteiger partial charge < -0.3 is 24.2 Å². The van der Waals surface area contributed by atoms with Crippen LogP contribution in [0.1, 0.15) is 46.0 Å². The number of rotatable bonds is 12. The Bertz CT molecular complexity index is 1180. The number of carboxylic acids is 1. The number of ether oxygens (including phenoxy) is 3. The summed E-state index contributed by atoms with van der Waals surface area (Å²) in [5, 5.41) is 9.99. The molecule has 0 bridgehead atoms. The molecule has 0 atom stereocenters. The highest BCUT2D eigenvalue weighted by atomic mass is 35.5. The minimum absolute atomic E-state index is 0.0249. The van der Waals surface area contributed by atoms with Gasteiger partial charge in [0.1, 0.15) is 42.6 Å². The predicted octanol–water partition coefficient (Wildman–Crippen LogP) is 5.77. The Kier molecular flexibility index (Phi) is 9.59. The number of hydrogen-bond acceptors (Lipinski definition) is 5. The van der Waals surface area contributed by atoms with Crippen molar-refractivity contribution in [1.82, 2.24) is 4.90 Å². The van der Waals surface area contributed by atoms with Crippen LogP contribution in [0.4, 0.5) is 0 Å². The second-order valence-electron chi connectivity index (χ2n) is 8.47. The summed E-state index contributed by atoms with van der Waals surface area (Å²) >= 11 is 5.96. The summed E-state index contributed by atoms with van der Waals surface area (Å²) in [6, 6.07) is 19.1. The fraction of sp³-hybridized carbons (Fsp3) is 0.286. The van der Waals surface area contributed by atoms with E-state index < -0.39 is 5.97 Å². The molecule has 0 spiro atoms. The number of carbonyl (C=O) groups is 2. The zero-order valence-corrected chi connectivity index (χ0v) is 21.3. The van der Waals surface area contributed by atoms with E-state index in [9.17, 15) is 14.7 Å². The third-order valence-electron chi connectivity index (χ3n) is 5.45. The number of hydrogen-bond donors (Lipinski definition) is 1. The number of halogens is 1. The Hall–Kier alpha value is -3.71. The van der Waals surface area contributed by atoms with Gasteiger partial charge in [0.05, 0.1) is 6.54 Å². The Labute approximate surface area is 216 Å². The summed E-state index contributed by atoms with van der Waals surface area (Å²) in [5.41, 5.74) is 1.74. The minimum atomic E-state index is -1.10. The first-order chi connectivity index (χ1) is 17.2. The largest absolute Gasteiger partial charge is 0.492 e. The number of carbonyl (C=O) groups excluding carboxylic acids is 1. The second kappa shape index (κ2) is 12.8. The van der Waals surface area contributed by atoms with Crippen LogP contribution >= 0.6 is 11.6 Å². The average molecular weight is 512 g/mol. The highest BCUT2D eigenvalue weighted by Crippen LogP contribution is 2.25. The zero-order valence-electron chi connectivity index (χ0n) is 20.6. The van der Waals surface area contributed by atoms with Crippen LogP contribution in [0.2, 0.25) is 5.02 Å². The van der Waals surface area contributed by atoms with Gasteiger partial charge in [-0.3, -0.25) is 4.79 Å². The number of aromatic carboxylic acids is 1. The van der Waals surface area contributed by atoms with E-state index in [4.69, 9.17) is 25.8 Å². The third kappa shape index (κ3) is 7.65. The summed E-state index contributed by atoms with van der Waals surface area (Å²) in [4.78, 5) is 25.7. The molecule has 7 nitrogen and oxygen atoms in total. The van der Waals surface area contributed by atoms with Gasteiger partial charge in [-0.1, -0.05) is 43.6 Å². The van der Waals surface area contributed by atoms with Crippen molar-refractivity contribution >= 4 is 23.5 Å². The van der Waals surface area contributed by atoms with Crippen LogP contribution in [0.5, 0.6) is 17.2 Å². The second-order valence-corrected chi connectivity index (χ2v) is 8.91. The van der Waals surface area contributed by atoms with Crippen molar-refractivity contribution in [3.05, 3.63) is 88.4 Å². The first-order valence-electron chi connectivity index (χ1n) is 11.6. The van der Waals surface area contributed by atoms with E-state index in [-0.39, 0.29) is 37.0 Å². The van der Waals surface area contributed by atoms with E-state index in [0.29, 0.717) is 28.8 Å². The number of carboxylic acid groups (broad SMARTS) is 1. The van der Waals surface area contributed by atoms with Crippen LogP contribution in [0, 0.1) is 0 Å². The van der Waals surface area contributed by atoms with E-state index in [0.717, 1.165) is 5.75 Å². The lowest BCUT2D eigenvalue weighted by Crippen LogP contribution is -2.30. The molecule has 0 heterocycles. The molecule has 0 aliphatic rings. The van der Waals surface area contributed by atoms with Gasteiger partial charge in [-0.05, 0) is 53.9 Å². The maximum absolute atomic E-state index is 12.5. The summed E-state index contributed by atoms with van der Waals surface area (Å²) in [5.74, 6) is 0.495. The molecule has 0 saturated carbocycles. The molecule has 0 aliphatic carbocycles. The molecule has 0 unspecified atom stereocenters. The number of benzene rings is 3. The van der Waals surface area contributed by atoms with E-state index in [1.54, 1.807) is 37.4 Å². The van der Waals surface area contributed by atoms with Crippen molar-refractivity contribution in [3.8, 4) is 17.2 Å². The summed E-state index contributed by atoms with van der Waals surface area (Å²) < 4.78 is 17.1. The monoisotopic (exact) mass is 511 g/mol. The van der Waals surface area contributed by atoms with Gasteiger partial charge >= 0.3 is 5.97 Å². The van der Waals surface area contributed by atoms with Crippen LogP contribution in [0.25, 0.3) is 0 Å². The van der Waals surface area contributed by atoms with Crippen LogP contribution in [-0.4, -0.2) is 55.3 Å². The Morgan fingerprint density at radius 3 is 2.22 bits per heavy atom. The highest BCUT2D eigenvalue weighted by molar-refractivity contribution is 6.30. The van der Waals surface area contributed by atoms with Crippen molar-refractivity contribution in [2.45, 2.75) is 19.8 Å². The molecule has 0 fully saturated rings. The van der Waals surface area contributed by atoms with Crippen molar-refractivity contribution in [2.75, 3.05) is 33.4 Å². The number of amides is 1. The molecule has 3 aromatic rings. The van der Waals surface area contributed by atoms with Gasteiger partial charge in [-0.15, -0.1) is 0 Å². The molecule has 36 heavy (non-hydrogen) atoms. The average Bonchev–Trinajstić information content (AvgIpc) is 2.86. The Balaban J connectivity index is 1.52. The fourth-order valence-corrected chi connectivity index (χ4v) is 3.58. The zero-order chi connectivity index (χ0) is 26.1. The Morgan fingerprint density at radius 1 is 0.889 bits per heavy atom. The molecule has 1 N–H and O–H groups in total. The standard InChI is InChI=1S/C28H30ClNO6/c1-19(2)20-7-9-23(10-8-20)35-15-16-36-26-18-24(11-12-25(26)28(32)33)34-14-13-30(3)27(31)21-5-4-6-22(29)17-21/h4-12,17-19H,13-16H2,1-3H3,(H,32,33). The lowest BCUT2D eigenvalue weighted by atomic mass is 10.0. The number of likely N-dealkylation sites (N-methyl/N-ethyl adjacent to an activating group) is 1. The number of nitrogens with zero attached hydrogens (tertiary/aromatic N) is 1. The highest BCUT2D eigenvalue weighted by Gasteiger charge is 2.15. The van der Waals surface area contributed by atoms with Crippen LogP contribution in [0.15, 0.2) is 66.7 Å². The van der Waals surface area contributed by atoms with E-state index in [1.807, 2.05) is 24.3 Å². The molecule has 0 aliphatic heterocycles. The van der Waals surface area contributed by atoms with Gasteiger partial charge in [0.15, 0.2) is 0 Å². The first kappa shape index (κ1) is 26.9. The molecule has 3 aromatic carbocycles. The van der Waals surface area contributed by atoms with Crippen molar-refractivity contribution < 1.29 is 28.9 Å². The molecule has 190 valence electrons. The summed E-state index contributed by atoms with van der Waals surface area (Å²) in [6.07, 6.45) is 0. The molecule has 8 heteroatoms. The summed E-state index contributed by atoms with van der Waals surface area (Å²) in [6.45, 7) is 5.20. The topological polar surface area (TPSA) is 85.3 Å². The van der Waals surface area contributed by atoms with Gasteiger partial charge in [0, 0.05) is 23.7 Å². The van der Waals surface area contributed by atoms with Gasteiger partial charge in [-0.25, -0.2) is 4.79 Å². The van der Waals surface area contributed by atoms with Crippen LogP contribution < -0.4 is 14.2 Å². The molecule has 0 radical (unpaired) electrons. The first-order valence-corrected chi connectivity index (χ1v) is 12.0. The lowest BCUT2D eigenvalue weighted by Gasteiger charge is -2.18. The van der Waals surface area contributed by atoms with Gasteiger partial charge in [0.25, 0.3) is 5.91 Å². The summed E-state index contributed by atoms with van der Waals surface area (Å²) in [7, 11) is 1.67.